The van der Waals surface area contributed by atoms with Crippen molar-refractivity contribution in [3.05, 3.63) is 41.6 Å². The van der Waals surface area contributed by atoms with Gasteiger partial charge in [-0.3, -0.25) is 4.79 Å². The maximum Gasteiger partial charge on any atom is 0.350 e. The molecule has 110 valence electrons. The van der Waals surface area contributed by atoms with Gasteiger partial charge in [0.15, 0.2) is 5.57 Å². The number of carbonyl (C=O) groups excluding carboxylic acids is 2. The molecule has 0 saturated heterocycles. The molecule has 0 aromatic heterocycles. The zero-order valence-corrected chi connectivity index (χ0v) is 12.2. The van der Waals surface area contributed by atoms with E-state index in [0.29, 0.717) is 11.3 Å². The highest BCUT2D eigenvalue weighted by molar-refractivity contribution is 5.95. The summed E-state index contributed by atoms with van der Waals surface area (Å²) in [5, 5.41) is 11.7. The first-order valence-electron chi connectivity index (χ1n) is 6.35. The molecule has 0 unspecified atom stereocenters. The van der Waals surface area contributed by atoms with Gasteiger partial charge in [0.1, 0.15) is 6.07 Å². The zero-order chi connectivity index (χ0) is 15.8. The molecule has 0 saturated carbocycles. The molecule has 0 aliphatic heterocycles. The molecule has 21 heavy (non-hydrogen) atoms. The van der Waals surface area contributed by atoms with Gasteiger partial charge >= 0.3 is 5.97 Å². The minimum absolute atomic E-state index is 0.131. The lowest BCUT2D eigenvalue weighted by atomic mass is 10.2. The Balaban J connectivity index is 2.89. The number of carbonyl (C=O) groups is 2. The molecule has 0 fully saturated rings. The summed E-state index contributed by atoms with van der Waals surface area (Å²) in [6.07, 6.45) is 1.26. The Hall–Kier alpha value is -2.81. The summed E-state index contributed by atoms with van der Waals surface area (Å²) in [6.45, 7) is 1.86. The van der Waals surface area contributed by atoms with E-state index < -0.39 is 5.97 Å². The second-order valence-corrected chi connectivity index (χ2v) is 4.32. The van der Waals surface area contributed by atoms with Crippen molar-refractivity contribution in [2.75, 3.05) is 26.0 Å². The first kappa shape index (κ1) is 16.2. The Bertz CT molecular complexity index is 600. The number of hydrogen-bond acceptors (Lipinski definition) is 5. The monoisotopic (exact) mass is 287 g/mol. The third kappa shape index (κ3) is 4.66. The van der Waals surface area contributed by atoms with E-state index in [1.54, 1.807) is 51.4 Å². The number of rotatable bonds is 5. The minimum Gasteiger partial charge on any atom is -0.462 e. The summed E-state index contributed by atoms with van der Waals surface area (Å²) in [7, 11) is 3.33. The Labute approximate surface area is 123 Å². The molecular weight excluding hydrogens is 270 g/mol. The Morgan fingerprint density at radius 1 is 1.43 bits per heavy atom. The van der Waals surface area contributed by atoms with Crippen molar-refractivity contribution < 1.29 is 14.3 Å². The predicted molar refractivity (Wildman–Crippen MR) is 78.4 cm³/mol. The van der Waals surface area contributed by atoms with Crippen molar-refractivity contribution >= 4 is 17.6 Å². The number of hydrogen-bond donors (Lipinski definition) is 1. The maximum absolute atomic E-state index is 11.8. The van der Waals surface area contributed by atoms with Crippen LogP contribution in [-0.4, -0.2) is 37.5 Å². The van der Waals surface area contributed by atoms with Crippen LogP contribution in [0.3, 0.4) is 0 Å². The molecule has 0 heterocycles. The van der Waals surface area contributed by atoms with Crippen molar-refractivity contribution in [1.29, 1.82) is 5.26 Å². The van der Waals surface area contributed by atoms with Gasteiger partial charge in [-0.15, -0.1) is 0 Å². The highest BCUT2D eigenvalue weighted by atomic mass is 16.5. The summed E-state index contributed by atoms with van der Waals surface area (Å²) < 4.78 is 4.75. The van der Waals surface area contributed by atoms with Gasteiger partial charge in [0, 0.05) is 31.5 Å². The van der Waals surface area contributed by atoms with Crippen LogP contribution in [-0.2, 0) is 9.53 Å². The number of anilines is 1. The molecule has 6 nitrogen and oxygen atoms in total. The largest absolute Gasteiger partial charge is 0.462 e. The molecule has 1 aromatic carbocycles. The SMILES string of the molecule is CCOC(=O)/C(C#N)=C\Nc1cccc(C(=O)N(C)C)c1. The quantitative estimate of drug-likeness (QED) is 0.507. The van der Waals surface area contributed by atoms with Gasteiger partial charge in [0.25, 0.3) is 5.91 Å². The molecular formula is C15H17N3O3. The lowest BCUT2D eigenvalue weighted by molar-refractivity contribution is -0.138. The number of nitrogens with zero attached hydrogens (tertiary/aromatic N) is 2. The molecule has 1 amide bonds. The molecule has 0 radical (unpaired) electrons. The van der Waals surface area contributed by atoms with Crippen molar-refractivity contribution in [2.45, 2.75) is 6.92 Å². The van der Waals surface area contributed by atoms with Crippen molar-refractivity contribution in [3.8, 4) is 6.07 Å². The number of esters is 1. The van der Waals surface area contributed by atoms with Crippen LogP contribution in [0, 0.1) is 11.3 Å². The van der Waals surface area contributed by atoms with E-state index in [1.807, 2.05) is 0 Å². The van der Waals surface area contributed by atoms with E-state index in [4.69, 9.17) is 10.00 Å². The minimum atomic E-state index is -0.687. The van der Waals surface area contributed by atoms with E-state index in [-0.39, 0.29) is 18.1 Å². The topological polar surface area (TPSA) is 82.4 Å². The van der Waals surface area contributed by atoms with Gasteiger partial charge in [-0.1, -0.05) is 6.07 Å². The fraction of sp³-hybridized carbons (Fsp3) is 0.267. The van der Waals surface area contributed by atoms with Gasteiger partial charge in [-0.05, 0) is 25.1 Å². The molecule has 6 heteroatoms. The van der Waals surface area contributed by atoms with E-state index in [2.05, 4.69) is 5.32 Å². The fourth-order valence-corrected chi connectivity index (χ4v) is 1.50. The number of nitrogens with one attached hydrogen (secondary N) is 1. The molecule has 0 aliphatic rings. The number of ether oxygens (including phenoxy) is 1. The molecule has 1 N–H and O–H groups in total. The van der Waals surface area contributed by atoms with Crippen molar-refractivity contribution in [2.24, 2.45) is 0 Å². The first-order chi connectivity index (χ1) is 9.99. The predicted octanol–water partition coefficient (Wildman–Crippen LogP) is 1.77. The van der Waals surface area contributed by atoms with Crippen molar-refractivity contribution in [3.63, 3.8) is 0 Å². The molecule has 1 aromatic rings. The second kappa shape index (κ2) is 7.70. The third-order valence-corrected chi connectivity index (χ3v) is 2.51. The van der Waals surface area contributed by atoms with Crippen LogP contribution in [0.1, 0.15) is 17.3 Å². The van der Waals surface area contributed by atoms with Crippen LogP contribution in [0.2, 0.25) is 0 Å². The lowest BCUT2D eigenvalue weighted by Gasteiger charge is -2.11. The summed E-state index contributed by atoms with van der Waals surface area (Å²) in [5.41, 5.74) is 0.967. The van der Waals surface area contributed by atoms with Gasteiger partial charge in [-0.25, -0.2) is 4.79 Å². The standard InChI is InChI=1S/C15H17N3O3/c1-4-21-15(20)12(9-16)10-17-13-7-5-6-11(8-13)14(19)18(2)3/h5-8,10,17H,4H2,1-3H3/b12-10-. The van der Waals surface area contributed by atoms with Gasteiger partial charge < -0.3 is 15.0 Å². The van der Waals surface area contributed by atoms with Gasteiger partial charge in [0.05, 0.1) is 6.61 Å². The number of nitriles is 1. The summed E-state index contributed by atoms with van der Waals surface area (Å²) in [5.74, 6) is -0.818. The summed E-state index contributed by atoms with van der Waals surface area (Å²) in [6, 6.07) is 8.52. The highest BCUT2D eigenvalue weighted by Gasteiger charge is 2.10. The average molecular weight is 287 g/mol. The van der Waals surface area contributed by atoms with E-state index in [1.165, 1.54) is 11.1 Å². The van der Waals surface area contributed by atoms with Gasteiger partial charge in [-0.2, -0.15) is 5.26 Å². The normalized spacial score (nSPS) is 10.5. The Morgan fingerprint density at radius 2 is 2.14 bits per heavy atom. The van der Waals surface area contributed by atoms with E-state index >= 15 is 0 Å². The van der Waals surface area contributed by atoms with Gasteiger partial charge in [0.2, 0.25) is 0 Å². The molecule has 0 bridgehead atoms. The fourth-order valence-electron chi connectivity index (χ4n) is 1.50. The molecule has 0 aliphatic carbocycles. The average Bonchev–Trinajstić information content (AvgIpc) is 2.47. The molecule has 0 atom stereocenters. The Kier molecular flexibility index (Phi) is 5.96. The maximum atomic E-state index is 11.8. The second-order valence-electron chi connectivity index (χ2n) is 4.32. The van der Waals surface area contributed by atoms with E-state index in [0.717, 1.165) is 0 Å². The highest BCUT2D eigenvalue weighted by Crippen LogP contribution is 2.12. The smallest absolute Gasteiger partial charge is 0.350 e. The van der Waals surface area contributed by atoms with Crippen LogP contribution >= 0.6 is 0 Å². The first-order valence-corrected chi connectivity index (χ1v) is 6.35. The number of benzene rings is 1. The molecule has 1 rings (SSSR count). The van der Waals surface area contributed by atoms with Crippen LogP contribution in [0.4, 0.5) is 5.69 Å². The van der Waals surface area contributed by atoms with Crippen LogP contribution in [0.15, 0.2) is 36.0 Å². The summed E-state index contributed by atoms with van der Waals surface area (Å²) >= 11 is 0. The molecule has 0 spiro atoms. The summed E-state index contributed by atoms with van der Waals surface area (Å²) in [4.78, 5) is 24.8. The lowest BCUT2D eigenvalue weighted by Crippen LogP contribution is -2.21. The van der Waals surface area contributed by atoms with Crippen LogP contribution in [0.25, 0.3) is 0 Å². The van der Waals surface area contributed by atoms with E-state index in [9.17, 15) is 9.59 Å². The van der Waals surface area contributed by atoms with Crippen LogP contribution < -0.4 is 5.32 Å². The van der Waals surface area contributed by atoms with Crippen molar-refractivity contribution in [1.82, 2.24) is 4.90 Å². The zero-order valence-electron chi connectivity index (χ0n) is 12.2. The number of amides is 1. The third-order valence-electron chi connectivity index (χ3n) is 2.51. The van der Waals surface area contributed by atoms with Crippen LogP contribution in [0.5, 0.6) is 0 Å². The Morgan fingerprint density at radius 3 is 2.71 bits per heavy atom.